The Bertz CT molecular complexity index is 1110. The van der Waals surface area contributed by atoms with Crippen LogP contribution in [0.4, 0.5) is 0 Å². The molecule has 35 heavy (non-hydrogen) atoms. The highest BCUT2D eigenvalue weighted by Crippen LogP contribution is 2.22. The maximum absolute atomic E-state index is 12.8. The Labute approximate surface area is 210 Å². The van der Waals surface area contributed by atoms with Crippen LogP contribution in [0.1, 0.15) is 41.6 Å². The number of benzene rings is 2. The quantitative estimate of drug-likeness (QED) is 0.394. The molecule has 3 aromatic rings. The van der Waals surface area contributed by atoms with Crippen molar-refractivity contribution in [3.63, 3.8) is 0 Å². The summed E-state index contributed by atoms with van der Waals surface area (Å²) >= 11 is 1.44. The number of rotatable bonds is 9. The Morgan fingerprint density at radius 3 is 2.51 bits per heavy atom. The number of ether oxygens (including phenoxy) is 2. The van der Waals surface area contributed by atoms with E-state index in [1.807, 2.05) is 47.5 Å². The SMILES string of the molecule is Cc1ccc(OCc2nc(CC(=O)OC(C)C(=O)N3CCC(Cc4ccccc4)CC3)cs2)cc1. The Morgan fingerprint density at radius 1 is 1.09 bits per heavy atom. The van der Waals surface area contributed by atoms with Gasteiger partial charge in [0, 0.05) is 18.5 Å². The summed E-state index contributed by atoms with van der Waals surface area (Å²) in [5.74, 6) is 0.791. The van der Waals surface area contributed by atoms with Gasteiger partial charge in [-0.25, -0.2) is 4.98 Å². The third kappa shape index (κ3) is 7.39. The van der Waals surface area contributed by atoms with E-state index in [2.05, 4.69) is 29.2 Å². The summed E-state index contributed by atoms with van der Waals surface area (Å²) in [6.07, 6.45) is 2.22. The molecule has 1 amide bonds. The van der Waals surface area contributed by atoms with E-state index in [-0.39, 0.29) is 12.3 Å². The molecule has 1 aliphatic heterocycles. The summed E-state index contributed by atoms with van der Waals surface area (Å²) in [6, 6.07) is 18.3. The van der Waals surface area contributed by atoms with Crippen molar-refractivity contribution in [1.82, 2.24) is 9.88 Å². The number of nitrogens with zero attached hydrogens (tertiary/aromatic N) is 2. The minimum Gasteiger partial charge on any atom is -0.486 e. The molecule has 0 bridgehead atoms. The molecule has 1 aliphatic rings. The fourth-order valence-corrected chi connectivity index (χ4v) is 4.98. The molecule has 1 fully saturated rings. The van der Waals surface area contributed by atoms with Gasteiger partial charge < -0.3 is 14.4 Å². The van der Waals surface area contributed by atoms with E-state index in [4.69, 9.17) is 9.47 Å². The lowest BCUT2D eigenvalue weighted by Gasteiger charge is -2.33. The molecular weight excluding hydrogens is 460 g/mol. The monoisotopic (exact) mass is 492 g/mol. The number of carbonyl (C=O) groups is 2. The van der Waals surface area contributed by atoms with E-state index >= 15 is 0 Å². The van der Waals surface area contributed by atoms with E-state index in [1.54, 1.807) is 6.92 Å². The number of likely N-dealkylation sites (tertiary alicyclic amines) is 1. The van der Waals surface area contributed by atoms with E-state index in [0.29, 0.717) is 31.3 Å². The number of piperidine rings is 1. The third-order valence-corrected chi connectivity index (χ3v) is 7.13. The Morgan fingerprint density at radius 2 is 1.80 bits per heavy atom. The van der Waals surface area contributed by atoms with Crippen LogP contribution in [-0.4, -0.2) is 41.0 Å². The molecule has 7 heteroatoms. The fraction of sp³-hybridized carbons (Fsp3) is 0.393. The van der Waals surface area contributed by atoms with Crippen LogP contribution in [0.3, 0.4) is 0 Å². The van der Waals surface area contributed by atoms with Gasteiger partial charge in [-0.05, 0) is 56.7 Å². The van der Waals surface area contributed by atoms with Crippen LogP contribution in [0.5, 0.6) is 5.75 Å². The molecule has 4 rings (SSSR count). The number of aromatic nitrogens is 1. The zero-order valence-electron chi connectivity index (χ0n) is 20.3. The maximum Gasteiger partial charge on any atom is 0.312 e. The van der Waals surface area contributed by atoms with Gasteiger partial charge in [0.25, 0.3) is 5.91 Å². The Hall–Kier alpha value is -3.19. The number of aryl methyl sites for hydroxylation is 1. The van der Waals surface area contributed by atoms with Crippen molar-refractivity contribution < 1.29 is 19.1 Å². The second-order valence-corrected chi connectivity index (χ2v) is 10.0. The van der Waals surface area contributed by atoms with E-state index in [0.717, 1.165) is 30.0 Å². The van der Waals surface area contributed by atoms with Crippen LogP contribution >= 0.6 is 11.3 Å². The fourth-order valence-electron chi connectivity index (χ4n) is 4.28. The van der Waals surface area contributed by atoms with Crippen LogP contribution in [0.25, 0.3) is 0 Å². The van der Waals surface area contributed by atoms with Crippen molar-refractivity contribution in [2.45, 2.75) is 52.2 Å². The normalized spacial score (nSPS) is 15.0. The van der Waals surface area contributed by atoms with Crippen LogP contribution in [0.2, 0.25) is 0 Å². The first-order chi connectivity index (χ1) is 17.0. The molecule has 2 aromatic carbocycles. The van der Waals surface area contributed by atoms with Crippen LogP contribution < -0.4 is 4.74 Å². The van der Waals surface area contributed by atoms with Crippen LogP contribution in [-0.2, 0) is 33.8 Å². The highest BCUT2D eigenvalue weighted by molar-refractivity contribution is 7.09. The summed E-state index contributed by atoms with van der Waals surface area (Å²) in [4.78, 5) is 31.5. The van der Waals surface area contributed by atoms with Gasteiger partial charge in [0.2, 0.25) is 0 Å². The van der Waals surface area contributed by atoms with Crippen LogP contribution in [0, 0.1) is 12.8 Å². The molecule has 1 saturated heterocycles. The predicted octanol–water partition coefficient (Wildman–Crippen LogP) is 4.99. The summed E-state index contributed by atoms with van der Waals surface area (Å²) in [7, 11) is 0. The standard InChI is InChI=1S/C28H32N2O4S/c1-20-8-10-25(11-9-20)33-18-26-29-24(19-35-26)17-27(31)34-21(2)28(32)30-14-12-23(13-15-30)16-22-6-4-3-5-7-22/h3-11,19,21,23H,12-18H2,1-2H3. The topological polar surface area (TPSA) is 68.7 Å². The zero-order valence-corrected chi connectivity index (χ0v) is 21.1. The minimum absolute atomic E-state index is 0.0395. The molecule has 0 saturated carbocycles. The van der Waals surface area contributed by atoms with Gasteiger partial charge in [0.15, 0.2) is 6.10 Å². The van der Waals surface area contributed by atoms with Crippen molar-refractivity contribution >= 4 is 23.2 Å². The molecular formula is C28H32N2O4S. The van der Waals surface area contributed by atoms with E-state index < -0.39 is 12.1 Å². The number of thiazole rings is 1. The average molecular weight is 493 g/mol. The molecule has 0 aliphatic carbocycles. The summed E-state index contributed by atoms with van der Waals surface area (Å²) < 4.78 is 11.2. The van der Waals surface area contributed by atoms with Crippen molar-refractivity contribution in [2.24, 2.45) is 5.92 Å². The minimum atomic E-state index is -0.795. The zero-order chi connectivity index (χ0) is 24.6. The average Bonchev–Trinajstić information content (AvgIpc) is 3.31. The molecule has 1 aromatic heterocycles. The van der Waals surface area contributed by atoms with Gasteiger partial charge in [0.1, 0.15) is 17.4 Å². The van der Waals surface area contributed by atoms with Gasteiger partial charge in [-0.2, -0.15) is 0 Å². The first kappa shape index (κ1) is 24.9. The number of amides is 1. The van der Waals surface area contributed by atoms with Gasteiger partial charge >= 0.3 is 5.97 Å². The van der Waals surface area contributed by atoms with Crippen LogP contribution in [0.15, 0.2) is 60.0 Å². The smallest absolute Gasteiger partial charge is 0.312 e. The predicted molar refractivity (Wildman–Crippen MR) is 136 cm³/mol. The molecule has 0 radical (unpaired) electrons. The number of esters is 1. The highest BCUT2D eigenvalue weighted by Gasteiger charge is 2.28. The molecule has 6 nitrogen and oxygen atoms in total. The van der Waals surface area contributed by atoms with Gasteiger partial charge in [-0.1, -0.05) is 48.0 Å². The number of carbonyl (C=O) groups excluding carboxylic acids is 2. The molecule has 1 atom stereocenters. The van der Waals surface area contributed by atoms with Gasteiger partial charge in [-0.15, -0.1) is 11.3 Å². The largest absolute Gasteiger partial charge is 0.486 e. The first-order valence-corrected chi connectivity index (χ1v) is 13.0. The molecule has 2 heterocycles. The van der Waals surface area contributed by atoms with Crippen molar-refractivity contribution in [1.29, 1.82) is 0 Å². The highest BCUT2D eigenvalue weighted by atomic mass is 32.1. The second kappa shape index (κ2) is 12.0. The third-order valence-electron chi connectivity index (χ3n) is 6.26. The van der Waals surface area contributed by atoms with Crippen molar-refractivity contribution in [2.75, 3.05) is 13.1 Å². The summed E-state index contributed by atoms with van der Waals surface area (Å²) in [5.41, 5.74) is 3.14. The van der Waals surface area contributed by atoms with E-state index in [1.165, 1.54) is 22.5 Å². The van der Waals surface area contributed by atoms with Gasteiger partial charge in [-0.3, -0.25) is 9.59 Å². The number of hydrogen-bond donors (Lipinski definition) is 0. The Balaban J connectivity index is 1.18. The van der Waals surface area contributed by atoms with Crippen molar-refractivity contribution in [3.8, 4) is 5.75 Å². The summed E-state index contributed by atoms with van der Waals surface area (Å²) in [6.45, 7) is 5.43. The molecule has 0 N–H and O–H groups in total. The van der Waals surface area contributed by atoms with Crippen molar-refractivity contribution in [3.05, 3.63) is 81.8 Å². The lowest BCUT2D eigenvalue weighted by Crippen LogP contribution is -2.44. The Kier molecular flexibility index (Phi) is 8.53. The summed E-state index contributed by atoms with van der Waals surface area (Å²) in [5, 5.41) is 2.62. The molecule has 1 unspecified atom stereocenters. The lowest BCUT2D eigenvalue weighted by molar-refractivity contribution is -0.159. The molecule has 184 valence electrons. The lowest BCUT2D eigenvalue weighted by atomic mass is 9.90. The maximum atomic E-state index is 12.8. The van der Waals surface area contributed by atoms with E-state index in [9.17, 15) is 9.59 Å². The second-order valence-electron chi connectivity index (χ2n) is 9.10. The number of hydrogen-bond acceptors (Lipinski definition) is 6. The first-order valence-electron chi connectivity index (χ1n) is 12.1. The van der Waals surface area contributed by atoms with Gasteiger partial charge in [0.05, 0.1) is 12.1 Å². The molecule has 0 spiro atoms.